The van der Waals surface area contributed by atoms with Crippen molar-refractivity contribution in [3.8, 4) is 32.1 Å². The number of pyridine rings is 4. The topological polar surface area (TPSA) is 391 Å². The summed E-state index contributed by atoms with van der Waals surface area (Å²) in [4.78, 5) is 72.7. The van der Waals surface area contributed by atoms with Gasteiger partial charge < -0.3 is 28.4 Å². The van der Waals surface area contributed by atoms with Crippen molar-refractivity contribution in [1.29, 1.82) is 0 Å². The minimum absolute atomic E-state index is 0.0404. The summed E-state index contributed by atoms with van der Waals surface area (Å²) in [6.07, 6.45) is 3.75. The third kappa shape index (κ3) is 29.4. The number of nitro benzene ring substituents is 1. The number of nitrogens with one attached hydrogen (secondary N) is 2. The Bertz CT molecular complexity index is 3940. The van der Waals surface area contributed by atoms with Crippen LogP contribution in [0.3, 0.4) is 0 Å². The molecule has 2 amide bonds. The van der Waals surface area contributed by atoms with Gasteiger partial charge in [-0.15, -0.1) is 30.6 Å². The first-order chi connectivity index (χ1) is 48.2. The van der Waals surface area contributed by atoms with E-state index >= 15 is 0 Å². The summed E-state index contributed by atoms with van der Waals surface area (Å²) in [5.74, 6) is 4.42. The highest BCUT2D eigenvalue weighted by Crippen LogP contribution is 2.40. The maximum Gasteiger partial charge on any atom is 0.333 e. The van der Waals surface area contributed by atoms with Crippen LogP contribution >= 0.6 is 34.0 Å². The number of amides is 2. The van der Waals surface area contributed by atoms with Gasteiger partial charge in [0.2, 0.25) is 0 Å². The number of nitrogens with zero attached hydrogens (tertiary/aromatic N) is 11. The lowest BCUT2D eigenvalue weighted by Gasteiger charge is -2.38. The Morgan fingerprint density at radius 1 is 0.558 bits per heavy atom. The molecule has 35 heteroatoms. The van der Waals surface area contributed by atoms with E-state index in [2.05, 4.69) is 181 Å². The lowest BCUT2D eigenvalue weighted by Crippen LogP contribution is -2.48. The number of carbonyl (C=O) groups is 4. The van der Waals surface area contributed by atoms with Gasteiger partial charge in [0.15, 0.2) is 45.8 Å². The monoisotopic (exact) mass is 1560 g/mol. The van der Waals surface area contributed by atoms with Crippen LogP contribution in [0, 0.1) is 10.1 Å². The molecule has 5 N–H and O–H groups in total. The zero-order valence-electron chi connectivity index (χ0n) is 63.6. The molecule has 8 aromatic rings. The molecule has 0 fully saturated rings. The number of hydrogen-bond donors (Lipinski definition) is 4. The zero-order valence-corrected chi connectivity index (χ0v) is 69.9. The highest BCUT2D eigenvalue weighted by molar-refractivity contribution is 7.86. The van der Waals surface area contributed by atoms with Crippen LogP contribution in [-0.2, 0) is 46.7 Å². The Labute approximate surface area is 626 Å². The summed E-state index contributed by atoms with van der Waals surface area (Å²) in [7, 11) is -8.43. The second-order valence-corrected chi connectivity index (χ2v) is 47.1. The number of non-ortho nitro benzene ring substituents is 1. The number of rotatable bonds is 22. The van der Waals surface area contributed by atoms with Crippen molar-refractivity contribution >= 4 is 98.3 Å². The molecule has 104 heavy (non-hydrogen) atoms. The first-order valence-electron chi connectivity index (χ1n) is 33.1. The Balaban J connectivity index is 0.000000331. The molecule has 0 aliphatic carbocycles. The maximum absolute atomic E-state index is 12.3. The number of hydrogen-bond acceptors (Lipinski definition) is 28. The number of carbonyl (C=O) groups excluding carboxylic acids is 4. The molecule has 0 aliphatic rings. The second-order valence-electron chi connectivity index (χ2n) is 28.2. The standard InChI is InChI=1S/C16H26N2O3Si.C15H12N4O5S2.C10H11N3S.C10H22O3Si.C9H9N3OS.C9H22N2O2Si/c1-12(21-22(5,6)16(2,3)4)14(19)11-18-15(20)13-9-7-8-10-17-13;1-10(14-17-18-15(25-14)13-4-2-3-9-16-13)24-26(22,23)12-7-5-11(6-8-12)19(20)21;1-7(2)9-12-13-10(14-9)8-5-3-4-6-11-8;1-8(9(11)12-5)13-14(6,7)10(2,3)4;1-6(13)8-11-12-9(14-8)7-4-2-3-5-10-7;1-7(8(12)11-10)13-14(5,6)9(2,3)4/h7-10,12H,11H2,1-6H3,(H,18,20);2-10H,1H3;3-7H,1-2H3;8H,1-7H3;2-6,13H,1H3;7H,10H2,1-6H3,(H,11,12)/t12-;10-;;8-;6-;7-/m11.111/s1. The van der Waals surface area contributed by atoms with Gasteiger partial charge in [0.1, 0.15) is 68.3 Å². The number of ketones is 1. The van der Waals surface area contributed by atoms with Gasteiger partial charge in [-0.05, 0) is 150 Å². The molecule has 0 spiro atoms. The molecule has 568 valence electrons. The highest BCUT2D eigenvalue weighted by atomic mass is 32.2. The van der Waals surface area contributed by atoms with Crippen LogP contribution in [0.1, 0.15) is 154 Å². The first-order valence-corrected chi connectivity index (χ1v) is 45.7. The number of aromatic nitrogens is 10. The first kappa shape index (κ1) is 90.6. The molecular formula is C69H102N14O14S4Si3. The largest absolute Gasteiger partial charge is 0.467 e. The SMILES string of the molecule is CC(C)c1nnc(-c2ccccn2)s1.COC(=O)[C@@H](C)O[Si](C)(C)C(C)(C)C.C[C@@H](O)c1nnc(-c2ccccn2)s1.C[C@@H](OS(=O)(=O)c1ccc([N+](=O)[O-])cc1)c1nnc(-c2ccccn2)s1.C[C@@H](O[Si](C)(C)C(C)(C)C)C(=O)CNC(=O)c1ccccn1.C[C@@H](O[Si](C)(C)C(C)(C)C)C(=O)NN. The lowest BCUT2D eigenvalue weighted by molar-refractivity contribution is -0.384. The quantitative estimate of drug-likeness (QED) is 0.00931. The number of aliphatic hydroxyl groups is 1. The molecule has 0 radical (unpaired) electrons. The molecule has 8 rings (SSSR count). The van der Waals surface area contributed by atoms with Crippen molar-refractivity contribution in [1.82, 2.24) is 61.3 Å². The average molecular weight is 1560 g/mol. The van der Waals surface area contributed by atoms with E-state index in [1.54, 1.807) is 94.2 Å². The Hall–Kier alpha value is -7.66. The van der Waals surface area contributed by atoms with E-state index in [1.165, 1.54) is 36.7 Å². The van der Waals surface area contributed by atoms with Crippen molar-refractivity contribution in [3.63, 3.8) is 0 Å². The van der Waals surface area contributed by atoms with E-state index in [1.807, 2.05) is 42.5 Å². The number of aliphatic hydroxyl groups excluding tert-OH is 1. The Morgan fingerprint density at radius 2 is 0.942 bits per heavy atom. The van der Waals surface area contributed by atoms with E-state index in [-0.39, 0.29) is 55.8 Å². The van der Waals surface area contributed by atoms with Crippen molar-refractivity contribution in [2.45, 2.75) is 207 Å². The second kappa shape index (κ2) is 40.7. The fourth-order valence-corrected chi connectivity index (χ4v) is 14.8. The number of esters is 1. The molecule has 5 atom stereocenters. The zero-order chi connectivity index (χ0) is 78.8. The molecule has 0 aliphatic heterocycles. The minimum atomic E-state index is -4.10. The average Bonchev–Trinajstić information content (AvgIpc) is 1.11. The van der Waals surface area contributed by atoms with E-state index in [4.69, 9.17) is 23.3 Å². The number of benzene rings is 1. The predicted octanol–water partition coefficient (Wildman–Crippen LogP) is 14.1. The van der Waals surface area contributed by atoms with E-state index in [0.717, 1.165) is 50.7 Å². The van der Waals surface area contributed by atoms with E-state index < -0.39 is 70.5 Å². The Morgan fingerprint density at radius 3 is 1.29 bits per heavy atom. The van der Waals surface area contributed by atoms with Gasteiger partial charge in [-0.1, -0.05) is 134 Å². The molecule has 0 saturated heterocycles. The molecule has 0 bridgehead atoms. The third-order valence-corrected chi connectivity index (χ3v) is 35.0. The summed E-state index contributed by atoms with van der Waals surface area (Å²) in [6.45, 7) is 44.4. The minimum Gasteiger partial charge on any atom is -0.467 e. The van der Waals surface area contributed by atoms with Crippen LogP contribution < -0.4 is 16.6 Å². The molecular weight excluding hydrogens is 1460 g/mol. The fraction of sp³-hybridized carbons (Fsp3) is 0.478. The molecule has 28 nitrogen and oxygen atoms in total. The van der Waals surface area contributed by atoms with Crippen LogP contribution in [0.2, 0.25) is 54.4 Å². The summed E-state index contributed by atoms with van der Waals surface area (Å²) in [5, 5.41) is 51.0. The van der Waals surface area contributed by atoms with Crippen molar-refractivity contribution in [2.24, 2.45) is 5.84 Å². The fourth-order valence-electron chi connectivity index (χ4n) is 7.28. The van der Waals surface area contributed by atoms with E-state index in [0.29, 0.717) is 32.3 Å². The van der Waals surface area contributed by atoms with Crippen molar-refractivity contribution < 1.29 is 59.8 Å². The van der Waals surface area contributed by atoms with Gasteiger partial charge in [0, 0.05) is 42.8 Å². The Kier molecular flexibility index (Phi) is 35.5. The van der Waals surface area contributed by atoms with Gasteiger partial charge in [0.05, 0.1) is 23.5 Å². The van der Waals surface area contributed by atoms with Crippen LogP contribution in [0.5, 0.6) is 0 Å². The molecule has 0 saturated carbocycles. The number of nitrogens with two attached hydrogens (primary N) is 1. The molecule has 1 aromatic carbocycles. The molecule has 7 heterocycles. The predicted molar refractivity (Wildman–Crippen MR) is 413 cm³/mol. The number of hydrazine groups is 1. The molecule has 0 unspecified atom stereocenters. The van der Waals surface area contributed by atoms with Crippen molar-refractivity contribution in [2.75, 3.05) is 13.7 Å². The van der Waals surface area contributed by atoms with Gasteiger partial charge in [-0.3, -0.25) is 54.0 Å². The number of ether oxygens (including phenoxy) is 1. The summed E-state index contributed by atoms with van der Waals surface area (Å²) < 4.78 is 52.1. The van der Waals surface area contributed by atoms with Crippen LogP contribution in [0.15, 0.2) is 127 Å². The lowest BCUT2D eigenvalue weighted by atomic mass is 10.2. The number of methoxy groups -OCH3 is 1. The smallest absolute Gasteiger partial charge is 0.333 e. The summed E-state index contributed by atoms with van der Waals surface area (Å²) in [5.41, 5.74) is 4.50. The summed E-state index contributed by atoms with van der Waals surface area (Å²) in [6, 6.07) is 26.3. The number of Topliss-reactive ketones (excluding diaryl/α,β-unsaturated/α-hetero) is 1. The molecule has 7 aromatic heterocycles. The van der Waals surface area contributed by atoms with Gasteiger partial charge in [-0.25, -0.2) is 10.6 Å². The third-order valence-electron chi connectivity index (χ3n) is 16.4. The van der Waals surface area contributed by atoms with Crippen molar-refractivity contribution in [3.05, 3.63) is 153 Å². The maximum atomic E-state index is 12.3. The van der Waals surface area contributed by atoms with Crippen LogP contribution in [0.4, 0.5) is 5.69 Å². The van der Waals surface area contributed by atoms with Gasteiger partial charge in [-0.2, -0.15) is 8.42 Å². The summed E-state index contributed by atoms with van der Waals surface area (Å²) >= 11 is 4.14. The van der Waals surface area contributed by atoms with E-state index in [9.17, 15) is 42.8 Å². The van der Waals surface area contributed by atoms with Crippen LogP contribution in [-0.4, -0.2) is 149 Å². The normalized spacial score (nSPS) is 13.2. The highest BCUT2D eigenvalue weighted by Gasteiger charge is 2.42. The van der Waals surface area contributed by atoms with Crippen LogP contribution in [0.25, 0.3) is 32.1 Å². The van der Waals surface area contributed by atoms with Gasteiger partial charge in [0.25, 0.3) is 27.6 Å². The van der Waals surface area contributed by atoms with Gasteiger partial charge >= 0.3 is 5.97 Å². The number of nitro groups is 1.